The van der Waals surface area contributed by atoms with Crippen molar-refractivity contribution < 1.29 is 9.59 Å². The van der Waals surface area contributed by atoms with Crippen LogP contribution in [0.15, 0.2) is 59.7 Å². The number of hydrazone groups is 1. The number of nitrogens with one attached hydrogen (secondary N) is 2. The minimum Gasteiger partial charge on any atom is -0.343 e. The summed E-state index contributed by atoms with van der Waals surface area (Å²) in [6.45, 7) is 6.21. The number of carbonyl (C=O) groups excluding carboxylic acids is 2. The van der Waals surface area contributed by atoms with Crippen molar-refractivity contribution in [2.45, 2.75) is 26.2 Å². The molecule has 0 heterocycles. The van der Waals surface area contributed by atoms with Crippen LogP contribution in [-0.4, -0.2) is 24.6 Å². The second kappa shape index (κ2) is 8.24. The molecule has 0 radical (unpaired) electrons. The topological polar surface area (TPSA) is 70.6 Å². The fourth-order valence-electron chi connectivity index (χ4n) is 2.14. The Labute approximate surface area is 148 Å². The van der Waals surface area contributed by atoms with E-state index in [4.69, 9.17) is 0 Å². The van der Waals surface area contributed by atoms with E-state index in [-0.39, 0.29) is 23.8 Å². The lowest BCUT2D eigenvalue weighted by Crippen LogP contribution is -2.34. The lowest BCUT2D eigenvalue weighted by atomic mass is 9.87. The molecule has 0 aliphatic carbocycles. The van der Waals surface area contributed by atoms with Crippen molar-refractivity contribution >= 4 is 18.0 Å². The smallest absolute Gasteiger partial charge is 0.259 e. The monoisotopic (exact) mass is 337 g/mol. The van der Waals surface area contributed by atoms with Crippen LogP contribution in [0.4, 0.5) is 0 Å². The molecule has 0 aromatic heterocycles. The van der Waals surface area contributed by atoms with Crippen molar-refractivity contribution in [1.29, 1.82) is 0 Å². The molecule has 2 amide bonds. The van der Waals surface area contributed by atoms with Crippen molar-refractivity contribution in [2.75, 3.05) is 6.54 Å². The summed E-state index contributed by atoms with van der Waals surface area (Å²) in [4.78, 5) is 23.8. The van der Waals surface area contributed by atoms with Gasteiger partial charge >= 0.3 is 0 Å². The van der Waals surface area contributed by atoms with Gasteiger partial charge in [0.15, 0.2) is 0 Å². The zero-order valence-corrected chi connectivity index (χ0v) is 14.7. The highest BCUT2D eigenvalue weighted by atomic mass is 16.2. The molecule has 5 nitrogen and oxygen atoms in total. The van der Waals surface area contributed by atoms with E-state index in [1.54, 1.807) is 18.3 Å². The van der Waals surface area contributed by atoms with Gasteiger partial charge in [-0.3, -0.25) is 9.59 Å². The summed E-state index contributed by atoms with van der Waals surface area (Å²) in [5.41, 5.74) is 4.97. The Bertz CT molecular complexity index is 745. The Morgan fingerprint density at radius 3 is 2.24 bits per heavy atom. The van der Waals surface area contributed by atoms with Gasteiger partial charge in [0.1, 0.15) is 0 Å². The molecule has 0 spiro atoms. The minimum absolute atomic E-state index is 0.0334. The van der Waals surface area contributed by atoms with Crippen LogP contribution in [-0.2, 0) is 10.2 Å². The van der Waals surface area contributed by atoms with Crippen molar-refractivity contribution in [3.63, 3.8) is 0 Å². The van der Waals surface area contributed by atoms with Crippen LogP contribution >= 0.6 is 0 Å². The van der Waals surface area contributed by atoms with Gasteiger partial charge in [0.25, 0.3) is 11.8 Å². The maximum atomic E-state index is 12.1. The van der Waals surface area contributed by atoms with E-state index in [9.17, 15) is 9.59 Å². The molecular weight excluding hydrogens is 314 g/mol. The third kappa shape index (κ3) is 5.88. The molecule has 2 aromatic carbocycles. The molecular formula is C20H23N3O2. The van der Waals surface area contributed by atoms with Crippen LogP contribution in [0.5, 0.6) is 0 Å². The molecule has 0 atom stereocenters. The van der Waals surface area contributed by atoms with E-state index < -0.39 is 0 Å². The average Bonchev–Trinajstić information content (AvgIpc) is 2.60. The number of nitrogens with zero attached hydrogens (tertiary/aromatic N) is 1. The lowest BCUT2D eigenvalue weighted by Gasteiger charge is -2.19. The minimum atomic E-state index is -0.383. The Kier molecular flexibility index (Phi) is 6.06. The fourth-order valence-corrected chi connectivity index (χ4v) is 2.14. The molecule has 0 saturated heterocycles. The van der Waals surface area contributed by atoms with Crippen LogP contribution in [0, 0.1) is 0 Å². The Balaban J connectivity index is 1.81. The van der Waals surface area contributed by atoms with E-state index >= 15 is 0 Å². The van der Waals surface area contributed by atoms with Gasteiger partial charge in [0.2, 0.25) is 0 Å². The van der Waals surface area contributed by atoms with E-state index in [1.807, 2.05) is 42.5 Å². The first-order chi connectivity index (χ1) is 11.9. The Hall–Kier alpha value is -2.95. The predicted octanol–water partition coefficient (Wildman–Crippen LogP) is 2.86. The van der Waals surface area contributed by atoms with Crippen LogP contribution in [0.2, 0.25) is 0 Å². The third-order valence-corrected chi connectivity index (χ3v) is 3.63. The molecule has 0 unspecified atom stereocenters. The molecule has 0 fully saturated rings. The third-order valence-electron chi connectivity index (χ3n) is 3.63. The highest BCUT2D eigenvalue weighted by molar-refractivity contribution is 5.96. The van der Waals surface area contributed by atoms with Crippen molar-refractivity contribution in [3.05, 3.63) is 71.3 Å². The van der Waals surface area contributed by atoms with Crippen molar-refractivity contribution in [1.82, 2.24) is 10.7 Å². The van der Waals surface area contributed by atoms with Gasteiger partial charge in [0, 0.05) is 5.56 Å². The number of carbonyl (C=O) groups is 2. The maximum absolute atomic E-state index is 12.1. The Morgan fingerprint density at radius 1 is 1.00 bits per heavy atom. The van der Waals surface area contributed by atoms with E-state index in [2.05, 4.69) is 36.6 Å². The standard InChI is InChI=1S/C20H23N3O2/c1-20(2,3)17-11-9-16(10-12-17)19(25)21-14-18(24)23-22-13-15-7-5-4-6-8-15/h4-13H,14H2,1-3H3,(H,21,25)(H,23,24)/b22-13+. The summed E-state index contributed by atoms with van der Waals surface area (Å²) in [5, 5.41) is 6.44. The van der Waals surface area contributed by atoms with Crippen molar-refractivity contribution in [2.24, 2.45) is 5.10 Å². The summed E-state index contributed by atoms with van der Waals surface area (Å²) < 4.78 is 0. The van der Waals surface area contributed by atoms with Gasteiger partial charge < -0.3 is 5.32 Å². The quantitative estimate of drug-likeness (QED) is 0.650. The Morgan fingerprint density at radius 2 is 1.64 bits per heavy atom. The van der Waals surface area contributed by atoms with Crippen LogP contribution in [0.3, 0.4) is 0 Å². The predicted molar refractivity (Wildman–Crippen MR) is 99.7 cm³/mol. The molecule has 0 saturated carbocycles. The number of benzene rings is 2. The number of rotatable bonds is 5. The van der Waals surface area contributed by atoms with E-state index in [0.29, 0.717) is 5.56 Å². The highest BCUT2D eigenvalue weighted by Gasteiger charge is 2.14. The first kappa shape index (κ1) is 18.4. The first-order valence-corrected chi connectivity index (χ1v) is 8.12. The molecule has 0 bridgehead atoms. The normalized spacial score (nSPS) is 11.3. The molecule has 25 heavy (non-hydrogen) atoms. The van der Waals surface area contributed by atoms with E-state index in [1.165, 1.54) is 0 Å². The van der Waals surface area contributed by atoms with Crippen molar-refractivity contribution in [3.8, 4) is 0 Å². The second-order valence-corrected chi connectivity index (χ2v) is 6.71. The van der Waals surface area contributed by atoms with E-state index in [0.717, 1.165) is 11.1 Å². The molecule has 130 valence electrons. The van der Waals surface area contributed by atoms with Crippen LogP contribution in [0.1, 0.15) is 42.3 Å². The largest absolute Gasteiger partial charge is 0.343 e. The van der Waals surface area contributed by atoms with Gasteiger partial charge in [-0.1, -0.05) is 63.2 Å². The fraction of sp³-hybridized carbons (Fsp3) is 0.250. The molecule has 2 rings (SSSR count). The van der Waals surface area contributed by atoms with Crippen LogP contribution < -0.4 is 10.7 Å². The highest BCUT2D eigenvalue weighted by Crippen LogP contribution is 2.22. The summed E-state index contributed by atoms with van der Waals surface area (Å²) >= 11 is 0. The maximum Gasteiger partial charge on any atom is 0.259 e. The zero-order chi connectivity index (χ0) is 18.3. The SMILES string of the molecule is CC(C)(C)c1ccc(C(=O)NCC(=O)N/N=C/c2ccccc2)cc1. The molecule has 5 heteroatoms. The van der Waals surface area contributed by atoms with Gasteiger partial charge in [0.05, 0.1) is 12.8 Å². The lowest BCUT2D eigenvalue weighted by molar-refractivity contribution is -0.120. The summed E-state index contributed by atoms with van der Waals surface area (Å²) in [5.74, 6) is -0.672. The molecule has 2 aromatic rings. The van der Waals surface area contributed by atoms with Gasteiger partial charge in [-0.2, -0.15) is 5.10 Å². The number of amides is 2. The summed E-state index contributed by atoms with van der Waals surface area (Å²) in [7, 11) is 0. The number of hydrogen-bond acceptors (Lipinski definition) is 3. The first-order valence-electron chi connectivity index (χ1n) is 8.12. The summed E-state index contributed by atoms with van der Waals surface area (Å²) in [6.07, 6.45) is 1.55. The molecule has 0 aliphatic heterocycles. The molecule has 2 N–H and O–H groups in total. The summed E-state index contributed by atoms with van der Waals surface area (Å²) in [6, 6.07) is 16.8. The van der Waals surface area contributed by atoms with Crippen LogP contribution in [0.25, 0.3) is 0 Å². The zero-order valence-electron chi connectivity index (χ0n) is 14.7. The van der Waals surface area contributed by atoms with Gasteiger partial charge in [-0.15, -0.1) is 0 Å². The molecule has 0 aliphatic rings. The number of hydrogen-bond donors (Lipinski definition) is 2. The second-order valence-electron chi connectivity index (χ2n) is 6.71. The average molecular weight is 337 g/mol. The van der Waals surface area contributed by atoms with Gasteiger partial charge in [-0.25, -0.2) is 5.43 Å². The van der Waals surface area contributed by atoms with Gasteiger partial charge in [-0.05, 0) is 28.7 Å².